The van der Waals surface area contributed by atoms with Crippen molar-refractivity contribution in [3.63, 3.8) is 0 Å². The molecule has 2 amide bonds. The number of carbonyl (C=O) groups is 2. The first kappa shape index (κ1) is 14.8. The first-order valence-electron chi connectivity index (χ1n) is 6.25. The van der Waals surface area contributed by atoms with Gasteiger partial charge in [-0.05, 0) is 18.3 Å². The molecule has 0 aromatic rings. The molecule has 0 radical (unpaired) electrons. The van der Waals surface area contributed by atoms with Crippen molar-refractivity contribution in [1.29, 1.82) is 0 Å². The van der Waals surface area contributed by atoms with Gasteiger partial charge < -0.3 is 20.4 Å². The molecule has 6 nitrogen and oxygen atoms in total. The van der Waals surface area contributed by atoms with Crippen LogP contribution in [0.3, 0.4) is 0 Å². The third-order valence-corrected chi connectivity index (χ3v) is 3.20. The number of aliphatic carboxylic acids is 1. The van der Waals surface area contributed by atoms with Crippen molar-refractivity contribution in [1.82, 2.24) is 10.2 Å². The summed E-state index contributed by atoms with van der Waals surface area (Å²) in [5, 5.41) is 20.1. The summed E-state index contributed by atoms with van der Waals surface area (Å²) in [4.78, 5) is 24.5. The lowest BCUT2D eigenvalue weighted by atomic mass is 9.84. The Kier molecular flexibility index (Phi) is 4.95. The molecule has 1 heterocycles. The molecule has 1 rings (SSSR count). The second-order valence-electron chi connectivity index (χ2n) is 5.54. The predicted molar refractivity (Wildman–Crippen MR) is 66.2 cm³/mol. The van der Waals surface area contributed by atoms with Crippen molar-refractivity contribution in [3.8, 4) is 0 Å². The van der Waals surface area contributed by atoms with Crippen molar-refractivity contribution in [2.45, 2.75) is 39.2 Å². The molecular weight excluding hydrogens is 236 g/mol. The predicted octanol–water partition coefficient (Wildman–Crippen LogP) is 0.654. The van der Waals surface area contributed by atoms with E-state index in [1.165, 1.54) is 0 Å². The molecule has 0 aromatic heterocycles. The summed E-state index contributed by atoms with van der Waals surface area (Å²) in [5.74, 6) is -1.12. The largest absolute Gasteiger partial charge is 0.480 e. The number of aliphatic hydroxyl groups is 1. The molecule has 1 aliphatic heterocycles. The molecule has 0 saturated carbocycles. The van der Waals surface area contributed by atoms with Crippen molar-refractivity contribution in [2.24, 2.45) is 5.41 Å². The molecule has 3 N–H and O–H groups in total. The molecule has 1 fully saturated rings. The van der Waals surface area contributed by atoms with E-state index in [4.69, 9.17) is 10.2 Å². The first-order valence-corrected chi connectivity index (χ1v) is 6.25. The summed E-state index contributed by atoms with van der Waals surface area (Å²) < 4.78 is 0. The quantitative estimate of drug-likeness (QED) is 0.690. The van der Waals surface area contributed by atoms with Crippen LogP contribution >= 0.6 is 0 Å². The number of carboxylic acid groups (broad SMARTS) is 1. The van der Waals surface area contributed by atoms with Gasteiger partial charge in [-0.2, -0.15) is 0 Å². The lowest BCUT2D eigenvalue weighted by molar-refractivity contribution is -0.139. The molecule has 1 saturated heterocycles. The molecule has 0 bridgehead atoms. The Bertz CT molecular complexity index is 317. The fraction of sp³-hybridized carbons (Fsp3) is 0.833. The van der Waals surface area contributed by atoms with Gasteiger partial charge in [-0.15, -0.1) is 0 Å². The van der Waals surface area contributed by atoms with Crippen molar-refractivity contribution < 1.29 is 19.8 Å². The van der Waals surface area contributed by atoms with Crippen molar-refractivity contribution in [3.05, 3.63) is 0 Å². The number of hydrogen-bond donors (Lipinski definition) is 3. The minimum Gasteiger partial charge on any atom is -0.480 e. The number of aliphatic hydroxyl groups excluding tert-OH is 1. The monoisotopic (exact) mass is 258 g/mol. The molecule has 0 aromatic carbocycles. The van der Waals surface area contributed by atoms with Crippen LogP contribution in [0.4, 0.5) is 4.79 Å². The third kappa shape index (κ3) is 4.18. The van der Waals surface area contributed by atoms with Gasteiger partial charge in [0.15, 0.2) is 0 Å². The minimum absolute atomic E-state index is 0.0261. The molecule has 0 aliphatic carbocycles. The Morgan fingerprint density at radius 2 is 2.11 bits per heavy atom. The van der Waals surface area contributed by atoms with Gasteiger partial charge in [-0.3, -0.25) is 0 Å². The minimum atomic E-state index is -1.12. The molecule has 1 atom stereocenters. The average Bonchev–Trinajstić information content (AvgIpc) is 2.26. The van der Waals surface area contributed by atoms with Crippen molar-refractivity contribution >= 4 is 12.0 Å². The Morgan fingerprint density at radius 1 is 1.44 bits per heavy atom. The zero-order valence-corrected chi connectivity index (χ0v) is 11.0. The molecule has 1 unspecified atom stereocenters. The zero-order chi connectivity index (χ0) is 13.8. The summed E-state index contributed by atoms with van der Waals surface area (Å²) in [7, 11) is 0. The van der Waals surface area contributed by atoms with Crippen LogP contribution in [0.2, 0.25) is 0 Å². The van der Waals surface area contributed by atoms with E-state index in [1.807, 2.05) is 0 Å². The number of likely N-dealkylation sites (tertiary alicyclic amines) is 1. The zero-order valence-electron chi connectivity index (χ0n) is 11.0. The maximum Gasteiger partial charge on any atom is 0.326 e. The Labute approximate surface area is 107 Å². The summed E-state index contributed by atoms with van der Waals surface area (Å²) >= 11 is 0. The van der Waals surface area contributed by atoms with Crippen LogP contribution in [-0.4, -0.2) is 52.9 Å². The molecular formula is C12H22N2O4. The van der Waals surface area contributed by atoms with Gasteiger partial charge in [-0.1, -0.05) is 13.8 Å². The second-order valence-corrected chi connectivity index (χ2v) is 5.54. The van der Waals surface area contributed by atoms with E-state index < -0.39 is 12.0 Å². The number of hydrogen-bond acceptors (Lipinski definition) is 3. The van der Waals surface area contributed by atoms with Gasteiger partial charge in [-0.25, -0.2) is 9.59 Å². The number of nitrogens with zero attached hydrogens (tertiary/aromatic N) is 1. The molecule has 0 spiro atoms. The van der Waals surface area contributed by atoms with Crippen LogP contribution in [0.1, 0.15) is 33.1 Å². The second kappa shape index (κ2) is 6.04. The highest BCUT2D eigenvalue weighted by molar-refractivity contribution is 5.82. The lowest BCUT2D eigenvalue weighted by Gasteiger charge is -2.38. The normalized spacial score (nSPS) is 20.3. The molecule has 18 heavy (non-hydrogen) atoms. The number of nitrogens with one attached hydrogen (secondary N) is 1. The van der Waals surface area contributed by atoms with Gasteiger partial charge in [0, 0.05) is 26.1 Å². The number of piperidine rings is 1. The van der Waals surface area contributed by atoms with Crippen LogP contribution in [0.5, 0.6) is 0 Å². The third-order valence-electron chi connectivity index (χ3n) is 3.20. The maximum atomic E-state index is 11.9. The van der Waals surface area contributed by atoms with E-state index in [9.17, 15) is 9.59 Å². The number of carbonyl (C=O) groups excluding carboxylic acids is 1. The molecule has 104 valence electrons. The van der Waals surface area contributed by atoms with E-state index >= 15 is 0 Å². The van der Waals surface area contributed by atoms with E-state index in [0.29, 0.717) is 13.1 Å². The highest BCUT2D eigenvalue weighted by Gasteiger charge is 2.30. The van der Waals surface area contributed by atoms with E-state index in [-0.39, 0.29) is 24.5 Å². The first-order chi connectivity index (χ1) is 8.35. The lowest BCUT2D eigenvalue weighted by Crippen LogP contribution is -2.52. The average molecular weight is 258 g/mol. The van der Waals surface area contributed by atoms with E-state index in [2.05, 4.69) is 19.2 Å². The fourth-order valence-electron chi connectivity index (χ4n) is 2.22. The SMILES string of the molecule is CC1(C)CCCN(C(=O)NC(CCO)C(=O)O)C1. The number of urea groups is 1. The van der Waals surface area contributed by atoms with Crippen LogP contribution < -0.4 is 5.32 Å². The topological polar surface area (TPSA) is 89.9 Å². The number of rotatable bonds is 4. The van der Waals surface area contributed by atoms with Gasteiger partial charge in [0.1, 0.15) is 6.04 Å². The maximum absolute atomic E-state index is 11.9. The van der Waals surface area contributed by atoms with E-state index in [1.54, 1.807) is 4.90 Å². The summed E-state index contributed by atoms with van der Waals surface area (Å²) in [6.45, 7) is 5.21. The van der Waals surface area contributed by atoms with Gasteiger partial charge >= 0.3 is 12.0 Å². The summed E-state index contributed by atoms with van der Waals surface area (Å²) in [6, 6.07) is -1.38. The Morgan fingerprint density at radius 3 is 2.61 bits per heavy atom. The highest BCUT2D eigenvalue weighted by atomic mass is 16.4. The van der Waals surface area contributed by atoms with Crippen LogP contribution in [0.25, 0.3) is 0 Å². The fourth-order valence-corrected chi connectivity index (χ4v) is 2.22. The Hall–Kier alpha value is -1.30. The smallest absolute Gasteiger partial charge is 0.326 e. The Balaban J connectivity index is 2.55. The number of carboxylic acids is 1. The van der Waals surface area contributed by atoms with Crippen LogP contribution in [-0.2, 0) is 4.79 Å². The standard InChI is InChI=1S/C12H22N2O4/c1-12(2)5-3-6-14(8-12)11(18)13-9(4-7-15)10(16)17/h9,15H,3-8H2,1-2H3,(H,13,18)(H,16,17). The van der Waals surface area contributed by atoms with Gasteiger partial charge in [0.05, 0.1) is 0 Å². The summed E-state index contributed by atoms with van der Waals surface area (Å²) in [6.07, 6.45) is 2.02. The highest BCUT2D eigenvalue weighted by Crippen LogP contribution is 2.28. The van der Waals surface area contributed by atoms with Crippen molar-refractivity contribution in [2.75, 3.05) is 19.7 Å². The van der Waals surface area contributed by atoms with Gasteiger partial charge in [0.25, 0.3) is 0 Å². The molecule has 1 aliphatic rings. The van der Waals surface area contributed by atoms with Crippen LogP contribution in [0, 0.1) is 5.41 Å². The molecule has 6 heteroatoms. The van der Waals surface area contributed by atoms with Crippen LogP contribution in [0.15, 0.2) is 0 Å². The summed E-state index contributed by atoms with van der Waals surface area (Å²) in [5.41, 5.74) is 0.0747. The van der Waals surface area contributed by atoms with E-state index in [0.717, 1.165) is 12.8 Å². The number of amides is 2. The van der Waals surface area contributed by atoms with Gasteiger partial charge in [0.2, 0.25) is 0 Å².